The van der Waals surface area contributed by atoms with Crippen molar-refractivity contribution in [1.29, 1.82) is 5.26 Å². The van der Waals surface area contributed by atoms with E-state index in [9.17, 15) is 8.42 Å². The fourth-order valence-corrected chi connectivity index (χ4v) is 3.04. The van der Waals surface area contributed by atoms with E-state index in [4.69, 9.17) is 5.26 Å². The second-order valence-electron chi connectivity index (χ2n) is 3.53. The van der Waals surface area contributed by atoms with Crippen LogP contribution in [0.15, 0.2) is 0 Å². The molecule has 0 radical (unpaired) electrons. The van der Waals surface area contributed by atoms with E-state index in [0.717, 1.165) is 6.42 Å². The van der Waals surface area contributed by atoms with Gasteiger partial charge in [0, 0.05) is 12.6 Å². The molecule has 2 atom stereocenters. The van der Waals surface area contributed by atoms with Crippen molar-refractivity contribution < 1.29 is 8.42 Å². The minimum Gasteiger partial charge on any atom is -0.211 e. The van der Waals surface area contributed by atoms with Gasteiger partial charge in [-0.2, -0.15) is 9.57 Å². The third kappa shape index (κ3) is 2.01. The lowest BCUT2D eigenvalue weighted by Crippen LogP contribution is -2.36. The van der Waals surface area contributed by atoms with E-state index >= 15 is 0 Å². The molecule has 0 saturated carbocycles. The summed E-state index contributed by atoms with van der Waals surface area (Å²) in [6.45, 7) is 4.49. The van der Waals surface area contributed by atoms with E-state index in [1.54, 1.807) is 6.07 Å². The number of rotatable bonds is 2. The molecule has 1 fully saturated rings. The molecule has 0 aromatic rings. The lowest BCUT2D eigenvalue weighted by molar-refractivity contribution is 0.373. The van der Waals surface area contributed by atoms with E-state index in [0.29, 0.717) is 12.5 Å². The summed E-state index contributed by atoms with van der Waals surface area (Å²) in [4.78, 5) is 0. The highest BCUT2D eigenvalue weighted by Crippen LogP contribution is 2.25. The van der Waals surface area contributed by atoms with Gasteiger partial charge >= 0.3 is 0 Å². The summed E-state index contributed by atoms with van der Waals surface area (Å²) in [5, 5.41) is 8.36. The zero-order chi connectivity index (χ0) is 10.1. The summed E-state index contributed by atoms with van der Waals surface area (Å²) in [6.07, 6.45) is 0.895. The van der Waals surface area contributed by atoms with Crippen molar-refractivity contribution in [1.82, 2.24) is 4.31 Å². The Morgan fingerprint density at radius 2 is 2.15 bits per heavy atom. The molecule has 1 rings (SSSR count). The molecule has 0 amide bonds. The van der Waals surface area contributed by atoms with E-state index in [1.165, 1.54) is 4.31 Å². The molecule has 1 saturated heterocycles. The van der Waals surface area contributed by atoms with Crippen molar-refractivity contribution in [2.45, 2.75) is 26.3 Å². The van der Waals surface area contributed by atoms with Crippen LogP contribution >= 0.6 is 0 Å². The zero-order valence-corrected chi connectivity index (χ0v) is 8.71. The average molecular weight is 202 g/mol. The number of hydrogen-bond donors (Lipinski definition) is 0. The maximum atomic E-state index is 11.5. The summed E-state index contributed by atoms with van der Waals surface area (Å²) in [5.74, 6) is -0.00202. The van der Waals surface area contributed by atoms with Crippen molar-refractivity contribution in [2.24, 2.45) is 5.92 Å². The first kappa shape index (κ1) is 10.5. The van der Waals surface area contributed by atoms with Gasteiger partial charge in [0.05, 0.1) is 6.07 Å². The smallest absolute Gasteiger partial charge is 0.211 e. The molecule has 0 aromatic carbocycles. The Labute approximate surface area is 79.2 Å². The van der Waals surface area contributed by atoms with Crippen LogP contribution in [-0.2, 0) is 10.0 Å². The monoisotopic (exact) mass is 202 g/mol. The topological polar surface area (TPSA) is 61.2 Å². The van der Waals surface area contributed by atoms with E-state index in [1.807, 2.05) is 13.8 Å². The number of nitrogens with zero attached hydrogens (tertiary/aromatic N) is 2. The van der Waals surface area contributed by atoms with Crippen LogP contribution in [0.4, 0.5) is 0 Å². The van der Waals surface area contributed by atoms with Gasteiger partial charge in [0.2, 0.25) is 10.0 Å². The maximum Gasteiger partial charge on any atom is 0.227 e. The molecule has 1 heterocycles. The molecule has 5 heteroatoms. The van der Waals surface area contributed by atoms with Crippen LogP contribution < -0.4 is 0 Å². The van der Waals surface area contributed by atoms with Crippen molar-refractivity contribution in [3.8, 4) is 6.07 Å². The molecule has 2 unspecified atom stereocenters. The Morgan fingerprint density at radius 1 is 1.54 bits per heavy atom. The molecular formula is C8H14N2O2S. The second-order valence-corrected chi connectivity index (χ2v) is 5.45. The van der Waals surface area contributed by atoms with Crippen LogP contribution in [0.25, 0.3) is 0 Å². The van der Waals surface area contributed by atoms with Crippen LogP contribution in [0.3, 0.4) is 0 Å². The fraction of sp³-hybridized carbons (Fsp3) is 0.875. The minimum absolute atomic E-state index is 0.0401. The number of hydrogen-bond acceptors (Lipinski definition) is 3. The Morgan fingerprint density at radius 3 is 2.54 bits per heavy atom. The lowest BCUT2D eigenvalue weighted by Gasteiger charge is -2.21. The highest BCUT2D eigenvalue weighted by atomic mass is 32.2. The normalized spacial score (nSPS) is 30.2. The first-order valence-corrected chi connectivity index (χ1v) is 5.96. The molecule has 0 N–H and O–H groups in total. The summed E-state index contributed by atoms with van der Waals surface area (Å²) >= 11 is 0. The molecule has 0 aliphatic carbocycles. The van der Waals surface area contributed by atoms with Crippen molar-refractivity contribution in [2.75, 3.05) is 12.3 Å². The molecule has 1 aliphatic rings. The average Bonchev–Trinajstić information content (AvgIpc) is 2.33. The molecular weight excluding hydrogens is 188 g/mol. The number of sulfonamides is 1. The Kier molecular flexibility index (Phi) is 2.94. The zero-order valence-electron chi connectivity index (χ0n) is 7.90. The first-order valence-electron chi connectivity index (χ1n) is 4.35. The van der Waals surface area contributed by atoms with Gasteiger partial charge < -0.3 is 0 Å². The van der Waals surface area contributed by atoms with Crippen molar-refractivity contribution >= 4 is 10.0 Å². The molecule has 0 spiro atoms. The van der Waals surface area contributed by atoms with Crippen molar-refractivity contribution in [3.05, 3.63) is 0 Å². The molecule has 1 aliphatic heterocycles. The van der Waals surface area contributed by atoms with Crippen LogP contribution in [0.5, 0.6) is 0 Å². The third-order valence-corrected chi connectivity index (χ3v) is 4.41. The van der Waals surface area contributed by atoms with E-state index < -0.39 is 15.8 Å². The summed E-state index contributed by atoms with van der Waals surface area (Å²) < 4.78 is 24.4. The van der Waals surface area contributed by atoms with Gasteiger partial charge in [-0.15, -0.1) is 0 Å². The van der Waals surface area contributed by atoms with Gasteiger partial charge in [-0.05, 0) is 19.3 Å². The third-order valence-electron chi connectivity index (χ3n) is 2.69. The summed E-state index contributed by atoms with van der Waals surface area (Å²) in [6, 6.07) is 1.73. The molecule has 74 valence electrons. The largest absolute Gasteiger partial charge is 0.227 e. The SMILES string of the molecule is CC1CCN(S(=O)(=O)CC#N)C1C. The first-order chi connectivity index (χ1) is 5.99. The van der Waals surface area contributed by atoms with Gasteiger partial charge in [-0.25, -0.2) is 8.42 Å². The van der Waals surface area contributed by atoms with Gasteiger partial charge in [0.1, 0.15) is 0 Å². The van der Waals surface area contributed by atoms with Crippen LogP contribution in [0, 0.1) is 17.2 Å². The maximum absolute atomic E-state index is 11.5. The van der Waals surface area contributed by atoms with Gasteiger partial charge in [-0.3, -0.25) is 0 Å². The highest BCUT2D eigenvalue weighted by Gasteiger charge is 2.35. The Balaban J connectivity index is 2.80. The fourth-order valence-electron chi connectivity index (χ4n) is 1.62. The van der Waals surface area contributed by atoms with Crippen LogP contribution in [0.1, 0.15) is 20.3 Å². The summed E-state index contributed by atoms with van der Waals surface area (Å²) in [7, 11) is -3.32. The van der Waals surface area contributed by atoms with Crippen LogP contribution in [0.2, 0.25) is 0 Å². The van der Waals surface area contributed by atoms with Crippen molar-refractivity contribution in [3.63, 3.8) is 0 Å². The lowest BCUT2D eigenvalue weighted by atomic mass is 10.1. The molecule has 13 heavy (non-hydrogen) atoms. The van der Waals surface area contributed by atoms with Gasteiger partial charge in [-0.1, -0.05) is 6.92 Å². The Bertz CT molecular complexity index is 318. The van der Waals surface area contributed by atoms with E-state index in [2.05, 4.69) is 0 Å². The predicted molar refractivity (Wildman–Crippen MR) is 49.3 cm³/mol. The second kappa shape index (κ2) is 3.64. The quantitative estimate of drug-likeness (QED) is 0.657. The molecule has 0 bridgehead atoms. The number of nitriles is 1. The minimum atomic E-state index is -3.32. The predicted octanol–water partition coefficient (Wildman–Crippen LogP) is 0.570. The van der Waals surface area contributed by atoms with Crippen LogP contribution in [-0.4, -0.2) is 31.1 Å². The van der Waals surface area contributed by atoms with E-state index in [-0.39, 0.29) is 6.04 Å². The molecule has 0 aromatic heterocycles. The van der Waals surface area contributed by atoms with Gasteiger partial charge in [0.25, 0.3) is 0 Å². The van der Waals surface area contributed by atoms with Gasteiger partial charge in [0.15, 0.2) is 5.75 Å². The molecule has 4 nitrogen and oxygen atoms in total. The Hall–Kier alpha value is -0.600. The highest BCUT2D eigenvalue weighted by molar-refractivity contribution is 7.89. The standard InChI is InChI=1S/C8H14N2O2S/c1-7-3-5-10(8(7)2)13(11,12)6-4-9/h7-8H,3,5-6H2,1-2H3. The summed E-state index contributed by atoms with van der Waals surface area (Å²) in [5.41, 5.74) is 0.